The summed E-state index contributed by atoms with van der Waals surface area (Å²) >= 11 is 0. The Hall–Kier alpha value is -2.93. The minimum Gasteiger partial charge on any atom is -0.398 e. The van der Waals surface area contributed by atoms with Crippen LogP contribution in [0.25, 0.3) is 0 Å². The number of anilines is 1. The summed E-state index contributed by atoms with van der Waals surface area (Å²) in [4.78, 5) is 16.2. The summed E-state index contributed by atoms with van der Waals surface area (Å²) in [5.74, 6) is -0.282. The van der Waals surface area contributed by atoms with E-state index >= 15 is 0 Å². The quantitative estimate of drug-likeness (QED) is 0.800. The second-order valence-corrected chi connectivity index (χ2v) is 4.61. The van der Waals surface area contributed by atoms with Gasteiger partial charge in [0.05, 0.1) is 17.3 Å². The number of nitrogens with zero attached hydrogens (tertiary/aromatic N) is 2. The summed E-state index contributed by atoms with van der Waals surface area (Å²) in [6.07, 6.45) is 0.503. The number of hydrogen-bond acceptors (Lipinski definition) is 3. The molecule has 0 fully saturated rings. The van der Waals surface area contributed by atoms with Crippen LogP contribution in [-0.4, -0.2) is 11.6 Å². The van der Waals surface area contributed by atoms with Gasteiger partial charge in [0, 0.05) is 17.7 Å². The molecule has 96 valence electrons. The average molecular weight is 261 g/mol. The molecule has 0 spiro atoms. The molecular formula is C16H11N3O. The number of nitrogens with two attached hydrogens (primary N) is 1. The maximum atomic E-state index is 12.1. The molecule has 0 saturated carbocycles. The molecule has 0 radical (unpaired) electrons. The summed E-state index contributed by atoms with van der Waals surface area (Å²) in [7, 11) is 0. The molecule has 0 bridgehead atoms. The fourth-order valence-electron chi connectivity index (χ4n) is 2.33. The molecule has 0 aliphatic carbocycles. The van der Waals surface area contributed by atoms with Crippen molar-refractivity contribution in [1.82, 2.24) is 0 Å². The second kappa shape index (κ2) is 4.63. The smallest absolute Gasteiger partial charge is 0.277 e. The predicted octanol–water partition coefficient (Wildman–Crippen LogP) is 2.33. The first-order chi connectivity index (χ1) is 9.69. The molecule has 0 unspecified atom stereocenters. The lowest BCUT2D eigenvalue weighted by molar-refractivity contribution is 0.100. The van der Waals surface area contributed by atoms with Crippen LogP contribution in [0.1, 0.15) is 27.0 Å². The van der Waals surface area contributed by atoms with Gasteiger partial charge in [0.15, 0.2) is 0 Å². The van der Waals surface area contributed by atoms with Gasteiger partial charge in [-0.1, -0.05) is 18.2 Å². The minimum absolute atomic E-state index is 0.282. The van der Waals surface area contributed by atoms with Crippen molar-refractivity contribution < 1.29 is 4.79 Å². The monoisotopic (exact) mass is 261 g/mol. The zero-order valence-corrected chi connectivity index (χ0v) is 10.6. The number of carbonyl (C=O) groups is 1. The number of hydrogen-bond donors (Lipinski definition) is 1. The Bertz CT molecular complexity index is 785. The van der Waals surface area contributed by atoms with Crippen molar-refractivity contribution in [3.63, 3.8) is 0 Å². The van der Waals surface area contributed by atoms with Gasteiger partial charge in [0.25, 0.3) is 5.91 Å². The van der Waals surface area contributed by atoms with Gasteiger partial charge in [0.1, 0.15) is 0 Å². The first-order valence-corrected chi connectivity index (χ1v) is 6.19. The van der Waals surface area contributed by atoms with Crippen LogP contribution in [0.4, 0.5) is 5.69 Å². The van der Waals surface area contributed by atoms with Crippen LogP contribution in [0.3, 0.4) is 0 Å². The van der Waals surface area contributed by atoms with Crippen LogP contribution < -0.4 is 5.73 Å². The molecule has 1 aliphatic heterocycles. The summed E-state index contributed by atoms with van der Waals surface area (Å²) in [6, 6.07) is 14.4. The lowest BCUT2D eigenvalue weighted by atomic mass is 9.93. The van der Waals surface area contributed by atoms with E-state index in [1.165, 1.54) is 0 Å². The Labute approximate surface area is 116 Å². The molecule has 0 saturated heterocycles. The Morgan fingerprint density at radius 2 is 2.00 bits per heavy atom. The standard InChI is InChI=1S/C16H11N3O/c17-9-10-3-1-4-11(7-10)15-8-13-12(16(20)19-15)5-2-6-14(13)18/h1-7H,8,18H2. The average Bonchev–Trinajstić information content (AvgIpc) is 2.48. The molecule has 2 aromatic carbocycles. The van der Waals surface area contributed by atoms with Gasteiger partial charge < -0.3 is 5.73 Å². The number of benzene rings is 2. The van der Waals surface area contributed by atoms with Crippen molar-refractivity contribution in [3.8, 4) is 6.07 Å². The van der Waals surface area contributed by atoms with Gasteiger partial charge in [-0.15, -0.1) is 0 Å². The number of nitrogen functional groups attached to an aromatic ring is 1. The maximum Gasteiger partial charge on any atom is 0.277 e. The maximum absolute atomic E-state index is 12.1. The van der Waals surface area contributed by atoms with E-state index in [9.17, 15) is 4.79 Å². The van der Waals surface area contributed by atoms with Crippen molar-refractivity contribution in [2.75, 3.05) is 5.73 Å². The van der Waals surface area contributed by atoms with Gasteiger partial charge in [-0.3, -0.25) is 4.79 Å². The number of fused-ring (bicyclic) bond motifs is 1. The molecule has 20 heavy (non-hydrogen) atoms. The highest BCUT2D eigenvalue weighted by atomic mass is 16.1. The lowest BCUT2D eigenvalue weighted by Gasteiger charge is -2.17. The summed E-state index contributed by atoms with van der Waals surface area (Å²) in [5, 5.41) is 8.94. The van der Waals surface area contributed by atoms with Crippen molar-refractivity contribution in [1.29, 1.82) is 5.26 Å². The van der Waals surface area contributed by atoms with E-state index < -0.39 is 0 Å². The van der Waals surface area contributed by atoms with E-state index in [0.717, 1.165) is 11.1 Å². The van der Waals surface area contributed by atoms with E-state index in [1.807, 2.05) is 6.07 Å². The van der Waals surface area contributed by atoms with Gasteiger partial charge in [-0.2, -0.15) is 5.26 Å². The molecule has 2 aromatic rings. The molecule has 2 N–H and O–H groups in total. The van der Waals surface area contributed by atoms with Crippen LogP contribution >= 0.6 is 0 Å². The Balaban J connectivity index is 2.08. The van der Waals surface area contributed by atoms with Crippen molar-refractivity contribution in [2.45, 2.75) is 6.42 Å². The summed E-state index contributed by atoms with van der Waals surface area (Å²) in [5.41, 5.74) is 9.89. The third kappa shape index (κ3) is 1.95. The Morgan fingerprint density at radius 1 is 1.20 bits per heavy atom. The zero-order chi connectivity index (χ0) is 14.1. The normalized spacial score (nSPS) is 13.3. The third-order valence-corrected chi connectivity index (χ3v) is 3.35. The van der Waals surface area contributed by atoms with Crippen LogP contribution in [0.2, 0.25) is 0 Å². The van der Waals surface area contributed by atoms with Crippen LogP contribution in [-0.2, 0) is 6.42 Å². The molecule has 4 heteroatoms. The van der Waals surface area contributed by atoms with Crippen molar-refractivity contribution >= 4 is 17.3 Å². The van der Waals surface area contributed by atoms with Gasteiger partial charge >= 0.3 is 0 Å². The van der Waals surface area contributed by atoms with Crippen molar-refractivity contribution in [2.24, 2.45) is 4.99 Å². The molecule has 4 nitrogen and oxygen atoms in total. The first kappa shape index (κ1) is 12.1. The molecule has 3 rings (SSSR count). The predicted molar refractivity (Wildman–Crippen MR) is 76.6 cm³/mol. The Kier molecular flexibility index (Phi) is 2.81. The highest BCUT2D eigenvalue weighted by Crippen LogP contribution is 2.25. The third-order valence-electron chi connectivity index (χ3n) is 3.35. The van der Waals surface area contributed by atoms with E-state index in [4.69, 9.17) is 11.0 Å². The molecule has 1 heterocycles. The molecule has 1 amide bonds. The number of nitriles is 1. The number of aliphatic imine (C=N–C) groups is 1. The molecule has 0 aromatic heterocycles. The second-order valence-electron chi connectivity index (χ2n) is 4.61. The van der Waals surface area contributed by atoms with Gasteiger partial charge in [0.2, 0.25) is 0 Å². The summed E-state index contributed by atoms with van der Waals surface area (Å²) < 4.78 is 0. The molecular weight excluding hydrogens is 250 g/mol. The summed E-state index contributed by atoms with van der Waals surface area (Å²) in [6.45, 7) is 0. The largest absolute Gasteiger partial charge is 0.398 e. The molecule has 0 atom stereocenters. The highest BCUT2D eigenvalue weighted by Gasteiger charge is 2.21. The Morgan fingerprint density at radius 3 is 2.80 bits per heavy atom. The van der Waals surface area contributed by atoms with Gasteiger partial charge in [-0.05, 0) is 35.4 Å². The van der Waals surface area contributed by atoms with Crippen LogP contribution in [0.15, 0.2) is 47.5 Å². The highest BCUT2D eigenvalue weighted by molar-refractivity contribution is 6.15. The van der Waals surface area contributed by atoms with E-state index in [2.05, 4.69) is 11.1 Å². The minimum atomic E-state index is -0.282. The van der Waals surface area contributed by atoms with Gasteiger partial charge in [-0.25, -0.2) is 4.99 Å². The number of rotatable bonds is 1. The van der Waals surface area contributed by atoms with Crippen molar-refractivity contribution in [3.05, 3.63) is 64.7 Å². The topological polar surface area (TPSA) is 79.2 Å². The number of amides is 1. The zero-order valence-electron chi connectivity index (χ0n) is 10.6. The fourth-order valence-corrected chi connectivity index (χ4v) is 2.33. The van der Waals surface area contributed by atoms with Crippen LogP contribution in [0, 0.1) is 11.3 Å². The SMILES string of the molecule is N#Cc1cccc(C2=NC(=O)c3cccc(N)c3C2)c1. The van der Waals surface area contributed by atoms with E-state index in [0.29, 0.717) is 28.9 Å². The van der Waals surface area contributed by atoms with E-state index in [1.54, 1.807) is 36.4 Å². The first-order valence-electron chi connectivity index (χ1n) is 6.19. The molecule has 1 aliphatic rings. The fraction of sp³-hybridized carbons (Fsp3) is 0.0625. The van der Waals surface area contributed by atoms with E-state index in [-0.39, 0.29) is 5.91 Å². The lowest BCUT2D eigenvalue weighted by Crippen LogP contribution is -2.19. The van der Waals surface area contributed by atoms with Crippen LogP contribution in [0.5, 0.6) is 0 Å². The number of carbonyl (C=O) groups excluding carboxylic acids is 1.